The molecule has 0 aliphatic carbocycles. The van der Waals surface area contributed by atoms with E-state index in [1.165, 1.54) is 11.3 Å². The van der Waals surface area contributed by atoms with Crippen molar-refractivity contribution in [3.63, 3.8) is 0 Å². The summed E-state index contributed by atoms with van der Waals surface area (Å²) in [5.74, 6) is 0. The lowest BCUT2D eigenvalue weighted by Gasteiger charge is -2.19. The van der Waals surface area contributed by atoms with Gasteiger partial charge in [-0.25, -0.2) is 0 Å². The van der Waals surface area contributed by atoms with Crippen LogP contribution in [0.1, 0.15) is 32.8 Å². The molecule has 0 heterocycles. The minimum absolute atomic E-state index is 0.264. The van der Waals surface area contributed by atoms with Crippen molar-refractivity contribution < 1.29 is 5.11 Å². The molecule has 0 spiro atoms. The molecule has 0 aromatic heterocycles. The summed E-state index contributed by atoms with van der Waals surface area (Å²) in [5.41, 5.74) is 2.75. The van der Waals surface area contributed by atoms with E-state index in [4.69, 9.17) is 5.11 Å². The van der Waals surface area contributed by atoms with Gasteiger partial charge in [0.1, 0.15) is 0 Å². The van der Waals surface area contributed by atoms with Crippen molar-refractivity contribution in [2.75, 3.05) is 18.5 Å². The van der Waals surface area contributed by atoms with Gasteiger partial charge in [0.25, 0.3) is 0 Å². The standard InChI is InChI=1S/C14H23NO/c1-14(2,3)11-15-13-8-4-6-12(10-13)7-5-9-16/h4,6,8,10,15-16H,5,7,9,11H2,1-3H3. The zero-order valence-electron chi connectivity index (χ0n) is 10.6. The molecule has 0 amide bonds. The van der Waals surface area contributed by atoms with E-state index in [9.17, 15) is 0 Å². The molecule has 0 aliphatic heterocycles. The molecule has 16 heavy (non-hydrogen) atoms. The molecular formula is C14H23NO. The number of nitrogens with one attached hydrogen (secondary N) is 1. The van der Waals surface area contributed by atoms with Crippen molar-refractivity contribution in [1.82, 2.24) is 0 Å². The summed E-state index contributed by atoms with van der Waals surface area (Å²) < 4.78 is 0. The predicted molar refractivity (Wildman–Crippen MR) is 69.8 cm³/mol. The average Bonchev–Trinajstić information content (AvgIpc) is 2.23. The fourth-order valence-corrected chi connectivity index (χ4v) is 1.49. The number of hydrogen-bond donors (Lipinski definition) is 2. The molecule has 0 saturated heterocycles. The molecular weight excluding hydrogens is 198 g/mol. The van der Waals surface area contributed by atoms with E-state index in [1.54, 1.807) is 0 Å². The quantitative estimate of drug-likeness (QED) is 0.801. The third-order valence-corrected chi connectivity index (χ3v) is 2.37. The zero-order chi connectivity index (χ0) is 12.0. The van der Waals surface area contributed by atoms with Gasteiger partial charge in [-0.3, -0.25) is 0 Å². The number of aliphatic hydroxyl groups excluding tert-OH is 1. The van der Waals surface area contributed by atoms with Crippen LogP contribution in [0, 0.1) is 5.41 Å². The smallest absolute Gasteiger partial charge is 0.0434 e. The highest BCUT2D eigenvalue weighted by molar-refractivity contribution is 5.45. The average molecular weight is 221 g/mol. The number of hydrogen-bond acceptors (Lipinski definition) is 2. The molecule has 2 nitrogen and oxygen atoms in total. The molecule has 90 valence electrons. The molecule has 0 unspecified atom stereocenters. The van der Waals surface area contributed by atoms with Gasteiger partial charge in [-0.2, -0.15) is 0 Å². The van der Waals surface area contributed by atoms with E-state index in [0.717, 1.165) is 19.4 Å². The normalized spacial score (nSPS) is 11.5. The Labute approximate surface area is 98.7 Å². The molecule has 2 N–H and O–H groups in total. The summed E-state index contributed by atoms with van der Waals surface area (Å²) in [6.45, 7) is 7.89. The first-order chi connectivity index (χ1) is 7.51. The van der Waals surface area contributed by atoms with Crippen LogP contribution in [0.15, 0.2) is 24.3 Å². The Balaban J connectivity index is 2.53. The third-order valence-electron chi connectivity index (χ3n) is 2.37. The van der Waals surface area contributed by atoms with Gasteiger partial charge in [0.2, 0.25) is 0 Å². The molecule has 0 saturated carbocycles. The number of aryl methyl sites for hydroxylation is 1. The maximum atomic E-state index is 8.79. The first kappa shape index (κ1) is 13.0. The SMILES string of the molecule is CC(C)(C)CNc1cccc(CCCO)c1. The molecule has 0 fully saturated rings. The highest BCUT2D eigenvalue weighted by Gasteiger charge is 2.09. The molecule has 1 rings (SSSR count). The van der Waals surface area contributed by atoms with E-state index in [2.05, 4.69) is 50.4 Å². The van der Waals surface area contributed by atoms with Crippen molar-refractivity contribution >= 4 is 5.69 Å². The van der Waals surface area contributed by atoms with E-state index >= 15 is 0 Å². The van der Waals surface area contributed by atoms with E-state index in [1.807, 2.05) is 0 Å². The van der Waals surface area contributed by atoms with Crippen LogP contribution < -0.4 is 5.32 Å². The van der Waals surface area contributed by atoms with Gasteiger partial charge < -0.3 is 10.4 Å². The number of aliphatic hydroxyl groups is 1. The maximum absolute atomic E-state index is 8.79. The van der Waals surface area contributed by atoms with E-state index in [-0.39, 0.29) is 6.61 Å². The predicted octanol–water partition coefficient (Wildman–Crippen LogP) is 3.07. The minimum Gasteiger partial charge on any atom is -0.396 e. The molecule has 0 atom stereocenters. The van der Waals surface area contributed by atoms with Gasteiger partial charge >= 0.3 is 0 Å². The minimum atomic E-state index is 0.264. The Morgan fingerprint density at radius 3 is 2.62 bits per heavy atom. The topological polar surface area (TPSA) is 32.3 Å². The monoisotopic (exact) mass is 221 g/mol. The van der Waals surface area contributed by atoms with Crippen LogP contribution in [0.5, 0.6) is 0 Å². The highest BCUT2D eigenvalue weighted by atomic mass is 16.2. The summed E-state index contributed by atoms with van der Waals surface area (Å²) in [5, 5.41) is 12.2. The Hall–Kier alpha value is -1.02. The number of anilines is 1. The van der Waals surface area contributed by atoms with Crippen molar-refractivity contribution in [2.24, 2.45) is 5.41 Å². The summed E-state index contributed by atoms with van der Waals surface area (Å²) in [6.07, 6.45) is 1.78. The van der Waals surface area contributed by atoms with Gasteiger partial charge in [0, 0.05) is 18.8 Å². The lowest BCUT2D eigenvalue weighted by molar-refractivity contribution is 0.288. The second kappa shape index (κ2) is 5.90. The van der Waals surface area contributed by atoms with Crippen LogP contribution in [0.3, 0.4) is 0 Å². The fraction of sp³-hybridized carbons (Fsp3) is 0.571. The van der Waals surface area contributed by atoms with E-state index < -0.39 is 0 Å². The number of benzene rings is 1. The van der Waals surface area contributed by atoms with Gasteiger partial charge in [-0.15, -0.1) is 0 Å². The Kier molecular flexibility index (Phi) is 4.81. The van der Waals surface area contributed by atoms with Crippen LogP contribution in [0.25, 0.3) is 0 Å². The van der Waals surface area contributed by atoms with Gasteiger partial charge in [-0.05, 0) is 36.0 Å². The van der Waals surface area contributed by atoms with Gasteiger partial charge in [0.05, 0.1) is 0 Å². The second-order valence-electron chi connectivity index (χ2n) is 5.44. The Morgan fingerprint density at radius 2 is 2.00 bits per heavy atom. The van der Waals surface area contributed by atoms with Gasteiger partial charge in [0.15, 0.2) is 0 Å². The van der Waals surface area contributed by atoms with Crippen LogP contribution in [0.4, 0.5) is 5.69 Å². The summed E-state index contributed by atoms with van der Waals surface area (Å²) in [6, 6.07) is 8.44. The molecule has 0 bridgehead atoms. The molecule has 1 aromatic carbocycles. The maximum Gasteiger partial charge on any atom is 0.0434 e. The van der Waals surface area contributed by atoms with Crippen LogP contribution >= 0.6 is 0 Å². The largest absolute Gasteiger partial charge is 0.396 e. The van der Waals surface area contributed by atoms with Gasteiger partial charge in [-0.1, -0.05) is 32.9 Å². The first-order valence-electron chi connectivity index (χ1n) is 5.95. The fourth-order valence-electron chi connectivity index (χ4n) is 1.49. The van der Waals surface area contributed by atoms with Crippen molar-refractivity contribution in [3.05, 3.63) is 29.8 Å². The third kappa shape index (κ3) is 5.17. The van der Waals surface area contributed by atoms with E-state index in [0.29, 0.717) is 5.41 Å². The number of rotatable bonds is 5. The second-order valence-corrected chi connectivity index (χ2v) is 5.44. The van der Waals surface area contributed by atoms with Crippen LogP contribution in [-0.4, -0.2) is 18.3 Å². The summed E-state index contributed by atoms with van der Waals surface area (Å²) >= 11 is 0. The lowest BCUT2D eigenvalue weighted by atomic mass is 9.97. The molecule has 1 aromatic rings. The Bertz CT molecular complexity index is 315. The Morgan fingerprint density at radius 1 is 1.25 bits per heavy atom. The van der Waals surface area contributed by atoms with Crippen LogP contribution in [-0.2, 0) is 6.42 Å². The van der Waals surface area contributed by atoms with Crippen LogP contribution in [0.2, 0.25) is 0 Å². The zero-order valence-corrected chi connectivity index (χ0v) is 10.6. The van der Waals surface area contributed by atoms with Crippen molar-refractivity contribution in [1.29, 1.82) is 0 Å². The lowest BCUT2D eigenvalue weighted by Crippen LogP contribution is -2.18. The highest BCUT2D eigenvalue weighted by Crippen LogP contribution is 2.17. The first-order valence-corrected chi connectivity index (χ1v) is 5.95. The van der Waals surface area contributed by atoms with Crippen molar-refractivity contribution in [3.8, 4) is 0 Å². The molecule has 2 heteroatoms. The molecule has 0 aliphatic rings. The summed E-state index contributed by atoms with van der Waals surface area (Å²) in [4.78, 5) is 0. The van der Waals surface area contributed by atoms with Crippen molar-refractivity contribution in [2.45, 2.75) is 33.6 Å². The molecule has 0 radical (unpaired) electrons. The summed E-state index contributed by atoms with van der Waals surface area (Å²) in [7, 11) is 0.